The Hall–Kier alpha value is -2.17. The van der Waals surface area contributed by atoms with Crippen molar-refractivity contribution in [2.75, 3.05) is 19.0 Å². The number of hydrogen-bond donors (Lipinski definition) is 1. The standard InChI is InChI=1S/C13H16N4O/c1-4-14-13-16-9(2)8-10(17-13)12-11(18-3)6-5-7-15-12/h5-8H,4H2,1-3H3,(H,14,16,17). The number of nitrogens with one attached hydrogen (secondary N) is 1. The Labute approximate surface area is 106 Å². The normalized spacial score (nSPS) is 10.2. The molecule has 2 rings (SSSR count). The topological polar surface area (TPSA) is 59.9 Å². The second kappa shape index (κ2) is 5.44. The molecule has 0 aliphatic carbocycles. The van der Waals surface area contributed by atoms with E-state index in [2.05, 4.69) is 20.3 Å². The molecule has 0 radical (unpaired) electrons. The van der Waals surface area contributed by atoms with Crippen molar-refractivity contribution in [1.29, 1.82) is 0 Å². The van der Waals surface area contributed by atoms with Gasteiger partial charge in [-0.05, 0) is 32.0 Å². The molecule has 94 valence electrons. The second-order valence-electron chi connectivity index (χ2n) is 3.80. The van der Waals surface area contributed by atoms with E-state index in [1.807, 2.05) is 32.0 Å². The Balaban J connectivity index is 2.49. The van der Waals surface area contributed by atoms with Crippen LogP contribution in [0.5, 0.6) is 5.75 Å². The third-order valence-corrected chi connectivity index (χ3v) is 2.42. The summed E-state index contributed by atoms with van der Waals surface area (Å²) in [6.45, 7) is 4.72. The Morgan fingerprint density at radius 2 is 2.17 bits per heavy atom. The fourth-order valence-corrected chi connectivity index (χ4v) is 1.67. The third kappa shape index (κ3) is 2.56. The van der Waals surface area contributed by atoms with E-state index in [1.54, 1.807) is 13.3 Å². The van der Waals surface area contributed by atoms with Crippen LogP contribution in [0.2, 0.25) is 0 Å². The van der Waals surface area contributed by atoms with Crippen LogP contribution in [0.4, 0.5) is 5.95 Å². The molecule has 2 heterocycles. The lowest BCUT2D eigenvalue weighted by Gasteiger charge is -2.09. The van der Waals surface area contributed by atoms with Gasteiger partial charge >= 0.3 is 0 Å². The van der Waals surface area contributed by atoms with E-state index < -0.39 is 0 Å². The van der Waals surface area contributed by atoms with Gasteiger partial charge in [0.25, 0.3) is 0 Å². The van der Waals surface area contributed by atoms with Gasteiger partial charge in [-0.2, -0.15) is 0 Å². The molecular formula is C13H16N4O. The van der Waals surface area contributed by atoms with Gasteiger partial charge in [0.2, 0.25) is 5.95 Å². The molecule has 0 saturated carbocycles. The molecule has 0 bridgehead atoms. The van der Waals surface area contributed by atoms with Gasteiger partial charge in [0, 0.05) is 18.4 Å². The largest absolute Gasteiger partial charge is 0.494 e. The molecule has 0 spiro atoms. The zero-order valence-corrected chi connectivity index (χ0v) is 10.8. The first-order chi connectivity index (χ1) is 8.74. The van der Waals surface area contributed by atoms with Crippen LogP contribution < -0.4 is 10.1 Å². The number of anilines is 1. The first-order valence-corrected chi connectivity index (χ1v) is 5.83. The summed E-state index contributed by atoms with van der Waals surface area (Å²) < 4.78 is 5.30. The predicted octanol–water partition coefficient (Wildman–Crippen LogP) is 2.29. The van der Waals surface area contributed by atoms with Crippen LogP contribution in [0.25, 0.3) is 11.4 Å². The van der Waals surface area contributed by atoms with Crippen LogP contribution in [-0.2, 0) is 0 Å². The number of aromatic nitrogens is 3. The highest BCUT2D eigenvalue weighted by Crippen LogP contribution is 2.26. The highest BCUT2D eigenvalue weighted by atomic mass is 16.5. The van der Waals surface area contributed by atoms with Gasteiger partial charge in [0.15, 0.2) is 0 Å². The molecule has 0 saturated heterocycles. The Morgan fingerprint density at radius 3 is 2.89 bits per heavy atom. The first-order valence-electron chi connectivity index (χ1n) is 5.83. The van der Waals surface area contributed by atoms with Crippen molar-refractivity contribution in [2.45, 2.75) is 13.8 Å². The summed E-state index contributed by atoms with van der Waals surface area (Å²) in [5, 5.41) is 3.11. The maximum absolute atomic E-state index is 5.30. The second-order valence-corrected chi connectivity index (χ2v) is 3.80. The lowest BCUT2D eigenvalue weighted by Crippen LogP contribution is -2.04. The quantitative estimate of drug-likeness (QED) is 0.894. The molecule has 0 unspecified atom stereocenters. The summed E-state index contributed by atoms with van der Waals surface area (Å²) in [6.07, 6.45) is 1.72. The van der Waals surface area contributed by atoms with Crippen LogP contribution >= 0.6 is 0 Å². The van der Waals surface area contributed by atoms with Gasteiger partial charge in [-0.25, -0.2) is 9.97 Å². The first kappa shape index (κ1) is 12.3. The molecule has 5 nitrogen and oxygen atoms in total. The van der Waals surface area contributed by atoms with E-state index in [-0.39, 0.29) is 0 Å². The Bertz CT molecular complexity index is 542. The van der Waals surface area contributed by atoms with E-state index in [9.17, 15) is 0 Å². The minimum Gasteiger partial charge on any atom is -0.494 e. The van der Waals surface area contributed by atoms with Gasteiger partial charge in [0.1, 0.15) is 11.4 Å². The number of hydrogen-bond acceptors (Lipinski definition) is 5. The number of methoxy groups -OCH3 is 1. The summed E-state index contributed by atoms with van der Waals surface area (Å²) in [5.74, 6) is 1.32. The number of pyridine rings is 1. The molecule has 2 aromatic rings. The van der Waals surface area contributed by atoms with Crippen LogP contribution in [0.3, 0.4) is 0 Å². The highest BCUT2D eigenvalue weighted by Gasteiger charge is 2.10. The van der Waals surface area contributed by atoms with Crippen molar-refractivity contribution in [1.82, 2.24) is 15.0 Å². The van der Waals surface area contributed by atoms with E-state index in [0.717, 1.165) is 23.6 Å². The summed E-state index contributed by atoms with van der Waals surface area (Å²) in [6, 6.07) is 5.60. The van der Waals surface area contributed by atoms with E-state index >= 15 is 0 Å². The van der Waals surface area contributed by atoms with Gasteiger partial charge in [-0.3, -0.25) is 4.98 Å². The van der Waals surface area contributed by atoms with Crippen LogP contribution in [0.1, 0.15) is 12.6 Å². The molecule has 5 heteroatoms. The van der Waals surface area contributed by atoms with Crippen molar-refractivity contribution in [3.63, 3.8) is 0 Å². The predicted molar refractivity (Wildman–Crippen MR) is 70.7 cm³/mol. The summed E-state index contributed by atoms with van der Waals surface area (Å²) in [5.41, 5.74) is 2.38. The lowest BCUT2D eigenvalue weighted by atomic mass is 10.2. The molecular weight excluding hydrogens is 228 g/mol. The number of nitrogens with zero attached hydrogens (tertiary/aromatic N) is 3. The molecule has 0 aliphatic heterocycles. The maximum Gasteiger partial charge on any atom is 0.223 e. The van der Waals surface area contributed by atoms with Crippen LogP contribution in [0, 0.1) is 6.92 Å². The molecule has 0 fully saturated rings. The Kier molecular flexibility index (Phi) is 3.72. The summed E-state index contributed by atoms with van der Waals surface area (Å²) in [4.78, 5) is 13.1. The SMILES string of the molecule is CCNc1nc(C)cc(-c2ncccc2OC)n1. The molecule has 0 amide bonds. The fourth-order valence-electron chi connectivity index (χ4n) is 1.67. The van der Waals surface area contributed by atoms with Crippen molar-refractivity contribution in [3.8, 4) is 17.1 Å². The smallest absolute Gasteiger partial charge is 0.223 e. The molecule has 0 atom stereocenters. The number of ether oxygens (including phenoxy) is 1. The van der Waals surface area contributed by atoms with Gasteiger partial charge < -0.3 is 10.1 Å². The average Bonchev–Trinajstić information content (AvgIpc) is 2.38. The third-order valence-electron chi connectivity index (χ3n) is 2.42. The van der Waals surface area contributed by atoms with Crippen molar-refractivity contribution >= 4 is 5.95 Å². The minimum atomic E-state index is 0.611. The number of aryl methyl sites for hydroxylation is 1. The number of rotatable bonds is 4. The average molecular weight is 244 g/mol. The van der Waals surface area contributed by atoms with Crippen LogP contribution in [0.15, 0.2) is 24.4 Å². The van der Waals surface area contributed by atoms with Crippen molar-refractivity contribution in [3.05, 3.63) is 30.1 Å². The minimum absolute atomic E-state index is 0.611. The zero-order chi connectivity index (χ0) is 13.0. The summed E-state index contributed by atoms with van der Waals surface area (Å²) in [7, 11) is 1.62. The maximum atomic E-state index is 5.30. The molecule has 1 N–H and O–H groups in total. The van der Waals surface area contributed by atoms with Crippen molar-refractivity contribution in [2.24, 2.45) is 0 Å². The van der Waals surface area contributed by atoms with Crippen LogP contribution in [-0.4, -0.2) is 28.6 Å². The summed E-state index contributed by atoms with van der Waals surface area (Å²) >= 11 is 0. The fraction of sp³-hybridized carbons (Fsp3) is 0.308. The Morgan fingerprint density at radius 1 is 1.33 bits per heavy atom. The monoisotopic (exact) mass is 244 g/mol. The van der Waals surface area contributed by atoms with Gasteiger partial charge in [0.05, 0.1) is 12.8 Å². The van der Waals surface area contributed by atoms with E-state index in [0.29, 0.717) is 11.7 Å². The van der Waals surface area contributed by atoms with Gasteiger partial charge in [-0.1, -0.05) is 0 Å². The van der Waals surface area contributed by atoms with E-state index in [4.69, 9.17) is 4.74 Å². The lowest BCUT2D eigenvalue weighted by molar-refractivity contribution is 0.414. The van der Waals surface area contributed by atoms with Gasteiger partial charge in [-0.15, -0.1) is 0 Å². The molecule has 18 heavy (non-hydrogen) atoms. The molecule has 0 aromatic carbocycles. The molecule has 0 aliphatic rings. The van der Waals surface area contributed by atoms with Crippen molar-refractivity contribution < 1.29 is 4.74 Å². The molecule has 2 aromatic heterocycles. The zero-order valence-electron chi connectivity index (χ0n) is 10.8. The van der Waals surface area contributed by atoms with E-state index in [1.165, 1.54) is 0 Å². The highest BCUT2D eigenvalue weighted by molar-refractivity contribution is 5.63.